The van der Waals surface area contributed by atoms with Crippen molar-refractivity contribution in [3.63, 3.8) is 0 Å². The van der Waals surface area contributed by atoms with Crippen LogP contribution in [-0.2, 0) is 17.1 Å². The minimum atomic E-state index is -4.96. The zero-order chi connectivity index (χ0) is 14.6. The molecule has 0 unspecified atom stereocenters. The monoisotopic (exact) mass is 299 g/mol. The number of carbonyl (C=O) groups is 1. The predicted octanol–water partition coefficient (Wildman–Crippen LogP) is 2.35. The summed E-state index contributed by atoms with van der Waals surface area (Å²) < 4.78 is 45.1. The van der Waals surface area contributed by atoms with Gasteiger partial charge in [-0.15, -0.1) is 24.8 Å². The molecule has 0 spiro atoms. The molecule has 5 nitrogen and oxygen atoms in total. The van der Waals surface area contributed by atoms with Gasteiger partial charge < -0.3 is 14.6 Å². The first kappa shape index (κ1) is 15.4. The molecule has 0 atom stereocenters. The van der Waals surface area contributed by atoms with E-state index in [1.807, 2.05) is 0 Å². The normalized spacial score (nSPS) is 11.2. The fraction of sp³-hybridized carbons (Fsp3) is 0.400. The second kappa shape index (κ2) is 5.96. The second-order valence-corrected chi connectivity index (χ2v) is 3.63. The quantitative estimate of drug-likeness (QED) is 0.845. The molecular formula is C10H9ClF3NO4. The maximum atomic E-state index is 12.2. The highest BCUT2D eigenvalue weighted by molar-refractivity contribution is 6.17. The number of rotatable bonds is 5. The molecule has 1 heterocycles. The summed E-state index contributed by atoms with van der Waals surface area (Å²) in [6.45, 7) is 0. The summed E-state index contributed by atoms with van der Waals surface area (Å²) in [7, 11) is 1.19. The topological polar surface area (TPSA) is 68.7 Å². The van der Waals surface area contributed by atoms with Gasteiger partial charge in [-0.1, -0.05) is 0 Å². The number of carboxylic acid groups (broad SMARTS) is 1. The van der Waals surface area contributed by atoms with Crippen LogP contribution < -0.4 is 9.47 Å². The Labute approximate surface area is 110 Å². The van der Waals surface area contributed by atoms with E-state index in [2.05, 4.69) is 9.72 Å². The number of carboxylic acids is 1. The van der Waals surface area contributed by atoms with E-state index in [9.17, 15) is 18.0 Å². The molecule has 1 aromatic heterocycles. The highest BCUT2D eigenvalue weighted by atomic mass is 35.5. The van der Waals surface area contributed by atoms with Crippen molar-refractivity contribution >= 4 is 17.6 Å². The lowest BCUT2D eigenvalue weighted by atomic mass is 10.1. The number of aliphatic carboxylic acids is 1. The van der Waals surface area contributed by atoms with Gasteiger partial charge in [0.05, 0.1) is 19.4 Å². The molecule has 9 heteroatoms. The van der Waals surface area contributed by atoms with E-state index in [1.165, 1.54) is 13.2 Å². The number of aromatic nitrogens is 1. The summed E-state index contributed by atoms with van der Waals surface area (Å²) in [6.07, 6.45) is -5.48. The number of alkyl halides is 4. The second-order valence-electron chi connectivity index (χ2n) is 3.36. The van der Waals surface area contributed by atoms with Gasteiger partial charge in [-0.25, -0.2) is 0 Å². The Kier molecular flexibility index (Phi) is 4.82. The van der Waals surface area contributed by atoms with Gasteiger partial charge in [-0.2, -0.15) is 4.98 Å². The third-order valence-corrected chi connectivity index (χ3v) is 2.32. The molecule has 0 saturated heterocycles. The largest absolute Gasteiger partial charge is 0.574 e. The van der Waals surface area contributed by atoms with E-state index < -0.39 is 24.6 Å². The van der Waals surface area contributed by atoms with E-state index in [0.717, 1.165) is 0 Å². The standard InChI is InChI=1S/C10H9ClF3NO4/c1-18-7-2-5(3-8(16)17)6(4-11)9(15-7)19-10(12,13)14/h2H,3-4H2,1H3,(H,16,17). The van der Waals surface area contributed by atoms with Crippen molar-refractivity contribution in [2.75, 3.05) is 7.11 Å². The van der Waals surface area contributed by atoms with Crippen molar-refractivity contribution in [2.45, 2.75) is 18.7 Å². The van der Waals surface area contributed by atoms with E-state index >= 15 is 0 Å². The fourth-order valence-electron chi connectivity index (χ4n) is 1.34. The molecule has 1 aromatic rings. The summed E-state index contributed by atoms with van der Waals surface area (Å²) in [5, 5.41) is 8.71. The molecule has 106 valence electrons. The minimum absolute atomic E-state index is 0.0496. The number of nitrogens with zero attached hydrogens (tertiary/aromatic N) is 1. The van der Waals surface area contributed by atoms with Crippen molar-refractivity contribution in [3.05, 3.63) is 17.2 Å². The Morgan fingerprint density at radius 2 is 2.16 bits per heavy atom. The van der Waals surface area contributed by atoms with Crippen LogP contribution in [-0.4, -0.2) is 29.5 Å². The summed E-state index contributed by atoms with van der Waals surface area (Å²) in [6, 6.07) is 1.20. The summed E-state index contributed by atoms with van der Waals surface area (Å²) in [4.78, 5) is 14.1. The zero-order valence-corrected chi connectivity index (χ0v) is 10.4. The van der Waals surface area contributed by atoms with Crippen molar-refractivity contribution < 1.29 is 32.5 Å². The maximum Gasteiger partial charge on any atom is 0.574 e. The molecule has 0 saturated carbocycles. The lowest BCUT2D eigenvalue weighted by molar-refractivity contribution is -0.276. The average Bonchev–Trinajstić information content (AvgIpc) is 2.25. The summed E-state index contributed by atoms with van der Waals surface area (Å²) in [5.41, 5.74) is -0.0872. The third kappa shape index (κ3) is 4.47. The average molecular weight is 300 g/mol. The van der Waals surface area contributed by atoms with E-state index in [-0.39, 0.29) is 22.9 Å². The maximum absolute atomic E-state index is 12.2. The number of methoxy groups -OCH3 is 1. The van der Waals surface area contributed by atoms with Crippen molar-refractivity contribution in [2.24, 2.45) is 0 Å². The van der Waals surface area contributed by atoms with Crippen LogP contribution in [0.15, 0.2) is 6.07 Å². The molecule has 0 aliphatic carbocycles. The number of pyridine rings is 1. The molecule has 0 radical (unpaired) electrons. The minimum Gasteiger partial charge on any atom is -0.481 e. The van der Waals surface area contributed by atoms with Crippen LogP contribution in [0, 0.1) is 0 Å². The molecule has 0 aliphatic rings. The lowest BCUT2D eigenvalue weighted by Crippen LogP contribution is -2.20. The van der Waals surface area contributed by atoms with Gasteiger partial charge in [0.2, 0.25) is 11.8 Å². The third-order valence-electron chi connectivity index (χ3n) is 2.05. The van der Waals surface area contributed by atoms with Gasteiger partial charge >= 0.3 is 12.3 Å². The van der Waals surface area contributed by atoms with Crippen LogP contribution in [0.4, 0.5) is 13.2 Å². The smallest absolute Gasteiger partial charge is 0.481 e. The van der Waals surface area contributed by atoms with Crippen LogP contribution in [0.5, 0.6) is 11.8 Å². The van der Waals surface area contributed by atoms with Gasteiger partial charge in [0.1, 0.15) is 0 Å². The first-order chi connectivity index (χ1) is 8.76. The van der Waals surface area contributed by atoms with Crippen LogP contribution in [0.25, 0.3) is 0 Å². The van der Waals surface area contributed by atoms with Crippen LogP contribution in [0.3, 0.4) is 0 Å². The molecule has 1 rings (SSSR count). The van der Waals surface area contributed by atoms with E-state index in [1.54, 1.807) is 0 Å². The Bertz CT molecular complexity index is 479. The molecule has 1 N–H and O–H groups in total. The van der Waals surface area contributed by atoms with Gasteiger partial charge in [-0.05, 0) is 5.56 Å². The molecule has 0 aromatic carbocycles. The highest BCUT2D eigenvalue weighted by Crippen LogP contribution is 2.31. The molecular weight excluding hydrogens is 291 g/mol. The first-order valence-corrected chi connectivity index (χ1v) is 5.40. The Morgan fingerprint density at radius 1 is 1.53 bits per heavy atom. The number of halogens is 4. The van der Waals surface area contributed by atoms with Gasteiger partial charge in [0.25, 0.3) is 0 Å². The number of ether oxygens (including phenoxy) is 2. The Hall–Kier alpha value is -1.70. The molecule has 0 fully saturated rings. The molecule has 0 amide bonds. The van der Waals surface area contributed by atoms with Crippen molar-refractivity contribution in [1.29, 1.82) is 0 Å². The molecule has 19 heavy (non-hydrogen) atoms. The molecule has 0 aliphatic heterocycles. The van der Waals surface area contributed by atoms with Crippen molar-refractivity contribution in [1.82, 2.24) is 4.98 Å². The lowest BCUT2D eigenvalue weighted by Gasteiger charge is -2.14. The molecule has 0 bridgehead atoms. The Balaban J connectivity index is 3.30. The van der Waals surface area contributed by atoms with Crippen LogP contribution in [0.2, 0.25) is 0 Å². The zero-order valence-electron chi connectivity index (χ0n) is 9.62. The van der Waals surface area contributed by atoms with Crippen LogP contribution >= 0.6 is 11.6 Å². The van der Waals surface area contributed by atoms with Gasteiger partial charge in [-0.3, -0.25) is 4.79 Å². The number of hydrogen-bond donors (Lipinski definition) is 1. The Morgan fingerprint density at radius 3 is 2.58 bits per heavy atom. The van der Waals surface area contributed by atoms with E-state index in [0.29, 0.717) is 0 Å². The predicted molar refractivity (Wildman–Crippen MR) is 58.4 cm³/mol. The highest BCUT2D eigenvalue weighted by Gasteiger charge is 2.33. The first-order valence-electron chi connectivity index (χ1n) is 4.87. The van der Waals surface area contributed by atoms with Gasteiger partial charge in [0, 0.05) is 11.6 Å². The SMILES string of the molecule is COc1cc(CC(=O)O)c(CCl)c(OC(F)(F)F)n1. The van der Waals surface area contributed by atoms with E-state index in [4.69, 9.17) is 21.4 Å². The summed E-state index contributed by atoms with van der Waals surface area (Å²) in [5.74, 6) is -2.59. The van der Waals surface area contributed by atoms with Crippen molar-refractivity contribution in [3.8, 4) is 11.8 Å². The van der Waals surface area contributed by atoms with Gasteiger partial charge in [0.15, 0.2) is 0 Å². The number of hydrogen-bond acceptors (Lipinski definition) is 4. The fourth-order valence-corrected chi connectivity index (χ4v) is 1.62. The summed E-state index contributed by atoms with van der Waals surface area (Å²) >= 11 is 5.52. The van der Waals surface area contributed by atoms with Crippen LogP contribution in [0.1, 0.15) is 11.1 Å².